The molecular weight excluding hydrogens is 317 g/mol. The van der Waals surface area contributed by atoms with Gasteiger partial charge in [0.2, 0.25) is 0 Å². The molecule has 0 fully saturated rings. The van der Waals surface area contributed by atoms with Crippen molar-refractivity contribution in [1.29, 1.82) is 0 Å². The fourth-order valence-electron chi connectivity index (χ4n) is 1.13. The zero-order chi connectivity index (χ0) is 10.9. The summed E-state index contributed by atoms with van der Waals surface area (Å²) in [6.07, 6.45) is 1.25. The third kappa shape index (κ3) is 6.91. The molecule has 0 saturated carbocycles. The van der Waals surface area contributed by atoms with Gasteiger partial charge in [0.25, 0.3) is 0 Å². The number of halogens is 1. The van der Waals surface area contributed by atoms with Crippen molar-refractivity contribution in [2.45, 2.75) is 11.7 Å². The molecule has 0 saturated heterocycles. The fourth-order valence-corrected chi connectivity index (χ4v) is 3.16. The van der Waals surface area contributed by atoms with Crippen LogP contribution in [0, 0.1) is 0 Å². The van der Waals surface area contributed by atoms with Crippen LogP contribution >= 0.6 is 15.9 Å². The van der Waals surface area contributed by atoms with Gasteiger partial charge in [0, 0.05) is 0 Å². The number of benzene rings is 1. The first-order valence-corrected chi connectivity index (χ1v) is 7.87. The Labute approximate surface area is 107 Å². The van der Waals surface area contributed by atoms with Gasteiger partial charge in [-0.25, -0.2) is 0 Å². The number of nitrogens with one attached hydrogen (secondary N) is 1. The van der Waals surface area contributed by atoms with E-state index in [1.807, 2.05) is 0 Å². The Balaban J connectivity index is 2.00. The van der Waals surface area contributed by atoms with Crippen LogP contribution in [0.2, 0.25) is 5.32 Å². The second-order valence-electron chi connectivity index (χ2n) is 3.21. The Hall–Kier alpha value is -0.0805. The second-order valence-corrected chi connectivity index (χ2v) is 6.78. The first kappa shape index (κ1) is 13.0. The van der Waals surface area contributed by atoms with Crippen molar-refractivity contribution in [2.75, 3.05) is 13.1 Å². The summed E-state index contributed by atoms with van der Waals surface area (Å²) in [6, 6.07) is 10.7. The Bertz CT molecular complexity index is 287. The summed E-state index contributed by atoms with van der Waals surface area (Å²) in [4.78, 5) is 0. The molecule has 1 N–H and O–H groups in total. The van der Waals surface area contributed by atoms with Crippen LogP contribution in [-0.4, -0.2) is 28.0 Å². The summed E-state index contributed by atoms with van der Waals surface area (Å²) in [6.45, 7) is 5.73. The maximum absolute atomic E-state index is 3.78. The van der Waals surface area contributed by atoms with E-state index < -0.39 is 0 Å². The van der Waals surface area contributed by atoms with Gasteiger partial charge in [-0.2, -0.15) is 0 Å². The molecule has 1 aromatic carbocycles. The average Bonchev–Trinajstić information content (AvgIpc) is 2.24. The van der Waals surface area contributed by atoms with Crippen molar-refractivity contribution < 1.29 is 0 Å². The minimum atomic E-state index is 0.633. The Kier molecular flexibility index (Phi) is 7.03. The fraction of sp³-hybridized carbons (Fsp3) is 0.333. The van der Waals surface area contributed by atoms with E-state index in [-0.39, 0.29) is 0 Å². The zero-order valence-corrected chi connectivity index (χ0v) is 12.0. The van der Waals surface area contributed by atoms with Crippen LogP contribution < -0.4 is 9.78 Å². The van der Waals surface area contributed by atoms with Crippen LogP contribution in [0.5, 0.6) is 0 Å². The van der Waals surface area contributed by atoms with Gasteiger partial charge < -0.3 is 0 Å². The molecule has 0 atom stereocenters. The van der Waals surface area contributed by atoms with Crippen molar-refractivity contribution in [3.05, 3.63) is 41.4 Å². The number of hydrogen-bond acceptors (Lipinski definition) is 1. The topological polar surface area (TPSA) is 12.0 Å². The van der Waals surface area contributed by atoms with E-state index in [0.29, 0.717) is 15.0 Å². The SMILES string of the molecule is C=C(Br)CNCCC[Se]c1ccccc1. The number of rotatable bonds is 7. The van der Waals surface area contributed by atoms with E-state index in [1.165, 1.54) is 16.2 Å². The summed E-state index contributed by atoms with van der Waals surface area (Å²) in [5.74, 6) is 0. The van der Waals surface area contributed by atoms with Crippen molar-refractivity contribution >= 4 is 35.3 Å². The van der Waals surface area contributed by atoms with E-state index in [2.05, 4.69) is 58.2 Å². The predicted molar refractivity (Wildman–Crippen MR) is 72.2 cm³/mol. The molecule has 0 amide bonds. The van der Waals surface area contributed by atoms with Gasteiger partial charge in [-0.1, -0.05) is 0 Å². The summed E-state index contributed by atoms with van der Waals surface area (Å²) >= 11 is 3.96. The van der Waals surface area contributed by atoms with E-state index >= 15 is 0 Å². The molecule has 82 valence electrons. The predicted octanol–water partition coefficient (Wildman–Crippen LogP) is 2.32. The molecule has 0 heterocycles. The van der Waals surface area contributed by atoms with Crippen LogP contribution in [0.25, 0.3) is 0 Å². The van der Waals surface area contributed by atoms with Gasteiger partial charge in [0.15, 0.2) is 0 Å². The van der Waals surface area contributed by atoms with E-state index in [4.69, 9.17) is 0 Å². The monoisotopic (exact) mass is 333 g/mol. The molecule has 0 bridgehead atoms. The van der Waals surface area contributed by atoms with Crippen LogP contribution in [0.4, 0.5) is 0 Å². The standard InChI is InChI=1S/C12H16BrNSe/c1-11(13)10-14-8-5-9-15-12-6-3-2-4-7-12/h2-4,6-7,14H,1,5,8-10H2. The molecule has 3 heteroatoms. The quantitative estimate of drug-likeness (QED) is 0.597. The second kappa shape index (κ2) is 8.12. The Morgan fingerprint density at radius 2 is 2.07 bits per heavy atom. The van der Waals surface area contributed by atoms with E-state index in [0.717, 1.165) is 17.6 Å². The van der Waals surface area contributed by atoms with E-state index in [9.17, 15) is 0 Å². The molecule has 1 nitrogen and oxygen atoms in total. The summed E-state index contributed by atoms with van der Waals surface area (Å²) < 4.78 is 2.52. The first-order chi connectivity index (χ1) is 7.29. The first-order valence-electron chi connectivity index (χ1n) is 5.01. The van der Waals surface area contributed by atoms with Crippen LogP contribution in [0.3, 0.4) is 0 Å². The average molecular weight is 333 g/mol. The minimum absolute atomic E-state index is 0.633. The molecule has 0 aliphatic rings. The van der Waals surface area contributed by atoms with Gasteiger partial charge in [-0.15, -0.1) is 0 Å². The van der Waals surface area contributed by atoms with Crippen LogP contribution in [0.1, 0.15) is 6.42 Å². The van der Waals surface area contributed by atoms with Crippen LogP contribution in [-0.2, 0) is 0 Å². The Morgan fingerprint density at radius 1 is 1.33 bits per heavy atom. The maximum atomic E-state index is 3.78. The Morgan fingerprint density at radius 3 is 2.73 bits per heavy atom. The van der Waals surface area contributed by atoms with Gasteiger partial charge in [0.05, 0.1) is 0 Å². The molecule has 0 unspecified atom stereocenters. The van der Waals surface area contributed by atoms with Crippen LogP contribution in [0.15, 0.2) is 41.4 Å². The van der Waals surface area contributed by atoms with E-state index in [1.54, 1.807) is 0 Å². The number of hydrogen-bond donors (Lipinski definition) is 1. The molecule has 15 heavy (non-hydrogen) atoms. The summed E-state index contributed by atoms with van der Waals surface area (Å²) in [5, 5.41) is 4.64. The molecule has 0 radical (unpaired) electrons. The molecule has 0 spiro atoms. The molecule has 1 rings (SSSR count). The van der Waals surface area contributed by atoms with Gasteiger partial charge in [-0.05, 0) is 0 Å². The van der Waals surface area contributed by atoms with Gasteiger partial charge in [0.1, 0.15) is 0 Å². The zero-order valence-electron chi connectivity index (χ0n) is 8.71. The third-order valence-corrected chi connectivity index (χ3v) is 4.41. The third-order valence-electron chi connectivity index (χ3n) is 1.83. The normalized spacial score (nSPS) is 10.2. The van der Waals surface area contributed by atoms with Gasteiger partial charge in [-0.3, -0.25) is 0 Å². The molecule has 1 aromatic rings. The van der Waals surface area contributed by atoms with Crippen molar-refractivity contribution in [1.82, 2.24) is 5.32 Å². The molecular formula is C12H16BrNSe. The van der Waals surface area contributed by atoms with Gasteiger partial charge >= 0.3 is 107 Å². The van der Waals surface area contributed by atoms with Crippen molar-refractivity contribution in [3.63, 3.8) is 0 Å². The molecule has 0 aliphatic carbocycles. The molecule has 0 aliphatic heterocycles. The van der Waals surface area contributed by atoms with Crippen molar-refractivity contribution in [2.24, 2.45) is 0 Å². The summed E-state index contributed by atoms with van der Waals surface area (Å²) in [7, 11) is 0. The summed E-state index contributed by atoms with van der Waals surface area (Å²) in [5.41, 5.74) is 0. The molecule has 0 aromatic heterocycles. The van der Waals surface area contributed by atoms with Crippen molar-refractivity contribution in [3.8, 4) is 0 Å².